The van der Waals surface area contributed by atoms with Crippen LogP contribution in [0.5, 0.6) is 0 Å². The summed E-state index contributed by atoms with van der Waals surface area (Å²) in [5, 5.41) is 8.63. The average molecular weight is 143 g/mol. The lowest BCUT2D eigenvalue weighted by molar-refractivity contribution is -0.0353. The summed E-state index contributed by atoms with van der Waals surface area (Å²) in [5.41, 5.74) is -0.275. The van der Waals surface area contributed by atoms with Gasteiger partial charge in [-0.2, -0.15) is 0 Å². The van der Waals surface area contributed by atoms with E-state index in [0.29, 0.717) is 6.54 Å². The Bertz CT molecular complexity index is 143. The number of hydrogen-bond acceptors (Lipinski definition) is 3. The number of nitrogens with zero attached hydrogens (tertiary/aromatic N) is 1. The molecule has 0 spiro atoms. The molecule has 0 radical (unpaired) electrons. The van der Waals surface area contributed by atoms with Gasteiger partial charge in [0.2, 0.25) is 0 Å². The van der Waals surface area contributed by atoms with Crippen LogP contribution in [0, 0.1) is 0 Å². The van der Waals surface area contributed by atoms with Gasteiger partial charge in [0.15, 0.2) is 5.72 Å². The van der Waals surface area contributed by atoms with E-state index >= 15 is 0 Å². The van der Waals surface area contributed by atoms with Gasteiger partial charge in [-0.1, -0.05) is 0 Å². The molecule has 1 heterocycles. The third-order valence-electron chi connectivity index (χ3n) is 1.63. The number of hydrogen-bond donors (Lipinski definition) is 1. The summed E-state index contributed by atoms with van der Waals surface area (Å²) < 4.78 is 5.24. The molecule has 0 saturated heterocycles. The number of aliphatic hydroxyl groups is 1. The highest BCUT2D eigenvalue weighted by Gasteiger charge is 2.28. The fourth-order valence-corrected chi connectivity index (χ4v) is 0.969. The molecule has 0 atom stereocenters. The molecule has 10 heavy (non-hydrogen) atoms. The molecule has 0 amide bonds. The number of ether oxygens (including phenoxy) is 1. The smallest absolute Gasteiger partial charge is 0.176 e. The van der Waals surface area contributed by atoms with E-state index in [0.717, 1.165) is 0 Å². The Labute approximate surface area is 60.9 Å². The van der Waals surface area contributed by atoms with Crippen LogP contribution < -0.4 is 0 Å². The molecule has 0 aliphatic carbocycles. The van der Waals surface area contributed by atoms with E-state index in [4.69, 9.17) is 9.84 Å². The van der Waals surface area contributed by atoms with E-state index in [1.165, 1.54) is 0 Å². The Morgan fingerprint density at radius 3 is 2.70 bits per heavy atom. The second-order valence-electron chi connectivity index (χ2n) is 2.77. The lowest BCUT2D eigenvalue weighted by Gasteiger charge is -2.30. The van der Waals surface area contributed by atoms with Crippen LogP contribution in [0.2, 0.25) is 0 Å². The molecule has 0 saturated carbocycles. The van der Waals surface area contributed by atoms with Crippen LogP contribution in [-0.4, -0.2) is 28.9 Å². The molecule has 1 rings (SSSR count). The van der Waals surface area contributed by atoms with Gasteiger partial charge in [0, 0.05) is 12.7 Å². The molecule has 58 valence electrons. The van der Waals surface area contributed by atoms with Gasteiger partial charge >= 0.3 is 0 Å². The summed E-state index contributed by atoms with van der Waals surface area (Å²) in [6, 6.07) is 0. The number of β-amino-alcohol motifs (C(OH)–C–C–N with tert-alkyl or cyclic N) is 1. The molecule has 1 aliphatic rings. The molecular weight excluding hydrogens is 130 g/mol. The maximum absolute atomic E-state index is 8.63. The van der Waals surface area contributed by atoms with Crippen molar-refractivity contribution < 1.29 is 9.84 Å². The Morgan fingerprint density at radius 1 is 1.60 bits per heavy atom. The summed E-state index contributed by atoms with van der Waals surface area (Å²) in [6.45, 7) is 4.71. The van der Waals surface area contributed by atoms with Gasteiger partial charge in [-0.15, -0.1) is 0 Å². The molecule has 0 fully saturated rings. The summed E-state index contributed by atoms with van der Waals surface area (Å²) in [7, 11) is 0. The van der Waals surface area contributed by atoms with Gasteiger partial charge in [0.1, 0.15) is 6.26 Å². The van der Waals surface area contributed by atoms with Crippen molar-refractivity contribution in [3.63, 3.8) is 0 Å². The Kier molecular flexibility index (Phi) is 1.85. The Balaban J connectivity index is 2.50. The minimum atomic E-state index is -0.275. The topological polar surface area (TPSA) is 32.7 Å². The van der Waals surface area contributed by atoms with Crippen LogP contribution >= 0.6 is 0 Å². The van der Waals surface area contributed by atoms with E-state index in [1.807, 2.05) is 24.9 Å². The predicted molar refractivity (Wildman–Crippen MR) is 38.1 cm³/mol. The number of rotatable bonds is 2. The quantitative estimate of drug-likeness (QED) is 0.611. The summed E-state index contributed by atoms with van der Waals surface area (Å²) >= 11 is 0. The molecule has 1 N–H and O–H groups in total. The van der Waals surface area contributed by atoms with Crippen LogP contribution in [0.1, 0.15) is 13.8 Å². The molecule has 3 nitrogen and oxygen atoms in total. The van der Waals surface area contributed by atoms with Crippen LogP contribution in [-0.2, 0) is 4.74 Å². The first-order chi connectivity index (χ1) is 4.67. The normalized spacial score (nSPS) is 21.3. The fraction of sp³-hybridized carbons (Fsp3) is 0.714. The van der Waals surface area contributed by atoms with Crippen LogP contribution in [0.4, 0.5) is 0 Å². The zero-order valence-electron chi connectivity index (χ0n) is 6.37. The minimum Gasteiger partial charge on any atom is -0.475 e. The molecule has 0 bridgehead atoms. The van der Waals surface area contributed by atoms with Crippen molar-refractivity contribution in [1.29, 1.82) is 0 Å². The highest BCUT2D eigenvalue weighted by Crippen LogP contribution is 2.21. The van der Waals surface area contributed by atoms with Gasteiger partial charge in [-0.25, -0.2) is 0 Å². The van der Waals surface area contributed by atoms with E-state index in [1.54, 1.807) is 6.26 Å². The SMILES string of the molecule is CC1(C)OC=CN1CCO. The summed E-state index contributed by atoms with van der Waals surface area (Å²) in [6.07, 6.45) is 3.49. The minimum absolute atomic E-state index is 0.164. The molecular formula is C7H13NO2. The van der Waals surface area contributed by atoms with Crippen molar-refractivity contribution in [2.45, 2.75) is 19.6 Å². The van der Waals surface area contributed by atoms with Gasteiger partial charge in [-0.05, 0) is 13.8 Å². The lowest BCUT2D eigenvalue weighted by atomic mass is 10.3. The maximum atomic E-state index is 8.63. The Morgan fingerprint density at radius 2 is 2.30 bits per heavy atom. The van der Waals surface area contributed by atoms with E-state index < -0.39 is 0 Å². The molecule has 1 aliphatic heterocycles. The second-order valence-corrected chi connectivity index (χ2v) is 2.77. The van der Waals surface area contributed by atoms with Crippen molar-refractivity contribution in [3.05, 3.63) is 12.5 Å². The highest BCUT2D eigenvalue weighted by molar-refractivity contribution is 4.91. The highest BCUT2D eigenvalue weighted by atomic mass is 16.5. The van der Waals surface area contributed by atoms with Crippen LogP contribution in [0.3, 0.4) is 0 Å². The van der Waals surface area contributed by atoms with Gasteiger partial charge in [0.05, 0.1) is 6.61 Å². The van der Waals surface area contributed by atoms with Crippen molar-refractivity contribution in [1.82, 2.24) is 4.90 Å². The third-order valence-corrected chi connectivity index (χ3v) is 1.63. The van der Waals surface area contributed by atoms with Crippen molar-refractivity contribution >= 4 is 0 Å². The van der Waals surface area contributed by atoms with E-state index in [-0.39, 0.29) is 12.3 Å². The zero-order valence-corrected chi connectivity index (χ0v) is 6.37. The molecule has 0 unspecified atom stereocenters. The molecule has 0 aromatic heterocycles. The van der Waals surface area contributed by atoms with Crippen LogP contribution in [0.15, 0.2) is 12.5 Å². The average Bonchev–Trinajstić information content (AvgIpc) is 2.13. The van der Waals surface area contributed by atoms with Gasteiger partial charge < -0.3 is 14.7 Å². The second kappa shape index (κ2) is 2.50. The van der Waals surface area contributed by atoms with E-state index in [2.05, 4.69) is 0 Å². The zero-order chi connectivity index (χ0) is 7.61. The number of aliphatic hydroxyl groups excluding tert-OH is 1. The molecule has 3 heteroatoms. The van der Waals surface area contributed by atoms with Crippen molar-refractivity contribution in [3.8, 4) is 0 Å². The monoisotopic (exact) mass is 143 g/mol. The first kappa shape index (κ1) is 7.41. The summed E-state index contributed by atoms with van der Waals surface area (Å²) in [4.78, 5) is 1.95. The fourth-order valence-electron chi connectivity index (χ4n) is 0.969. The maximum Gasteiger partial charge on any atom is 0.176 e. The van der Waals surface area contributed by atoms with Gasteiger partial charge in [0.25, 0.3) is 0 Å². The van der Waals surface area contributed by atoms with E-state index in [9.17, 15) is 0 Å². The molecule has 0 aromatic rings. The lowest BCUT2D eigenvalue weighted by Crippen LogP contribution is -2.39. The predicted octanol–water partition coefficient (Wildman–Crippen LogP) is 0.518. The van der Waals surface area contributed by atoms with Gasteiger partial charge in [-0.3, -0.25) is 0 Å². The van der Waals surface area contributed by atoms with Crippen molar-refractivity contribution in [2.24, 2.45) is 0 Å². The first-order valence-corrected chi connectivity index (χ1v) is 3.39. The standard InChI is InChI=1S/C7H13NO2/c1-7(2)8(3-5-9)4-6-10-7/h4,6,9H,3,5H2,1-2H3. The third kappa shape index (κ3) is 1.24. The summed E-state index contributed by atoms with van der Waals surface area (Å²) in [5.74, 6) is 0. The van der Waals surface area contributed by atoms with Crippen molar-refractivity contribution in [2.75, 3.05) is 13.2 Å². The Hall–Kier alpha value is -0.700. The van der Waals surface area contributed by atoms with Crippen LogP contribution in [0.25, 0.3) is 0 Å². The molecule has 0 aromatic carbocycles. The first-order valence-electron chi connectivity index (χ1n) is 3.39. The largest absolute Gasteiger partial charge is 0.475 e.